The van der Waals surface area contributed by atoms with Crippen molar-refractivity contribution in [3.05, 3.63) is 35.4 Å². The van der Waals surface area contributed by atoms with Gasteiger partial charge in [-0.1, -0.05) is 44.5 Å². The number of rotatable bonds is 4. The fourth-order valence-electron chi connectivity index (χ4n) is 2.70. The normalized spacial score (nSPS) is 18.2. The molecule has 1 unspecified atom stereocenters. The number of nitrogens with zero attached hydrogens (tertiary/aromatic N) is 1. The van der Waals surface area contributed by atoms with E-state index in [1.807, 2.05) is 4.90 Å². The number of benzene rings is 1. The third-order valence-corrected chi connectivity index (χ3v) is 4.12. The van der Waals surface area contributed by atoms with Crippen molar-refractivity contribution in [2.24, 2.45) is 5.73 Å². The van der Waals surface area contributed by atoms with Crippen LogP contribution in [0, 0.1) is 0 Å². The molecule has 0 aromatic heterocycles. The van der Waals surface area contributed by atoms with Crippen LogP contribution < -0.4 is 5.73 Å². The Morgan fingerprint density at radius 1 is 1.10 bits per heavy atom. The Balaban J connectivity index is 1.99. The molecule has 1 amide bonds. The Morgan fingerprint density at radius 2 is 1.75 bits per heavy atom. The Morgan fingerprint density at radius 3 is 2.40 bits per heavy atom. The van der Waals surface area contributed by atoms with Gasteiger partial charge in [0.1, 0.15) is 0 Å². The first kappa shape index (κ1) is 15.0. The summed E-state index contributed by atoms with van der Waals surface area (Å²) < 4.78 is 0. The molecule has 1 aromatic carbocycles. The average Bonchev–Trinajstić information content (AvgIpc) is 2.64. The molecule has 3 heteroatoms. The van der Waals surface area contributed by atoms with Crippen LogP contribution >= 0.6 is 0 Å². The van der Waals surface area contributed by atoms with Gasteiger partial charge in [-0.25, -0.2) is 0 Å². The lowest BCUT2D eigenvalue weighted by Crippen LogP contribution is -2.36. The second-order valence-corrected chi connectivity index (χ2v) is 6.08. The first-order valence-corrected chi connectivity index (χ1v) is 7.71. The van der Waals surface area contributed by atoms with Crippen LogP contribution in [-0.4, -0.2) is 23.9 Å². The third-order valence-electron chi connectivity index (χ3n) is 4.12. The first-order chi connectivity index (χ1) is 9.58. The second-order valence-electron chi connectivity index (χ2n) is 6.08. The lowest BCUT2D eigenvalue weighted by atomic mass is 9.99. The van der Waals surface area contributed by atoms with Gasteiger partial charge in [-0.05, 0) is 29.9 Å². The van der Waals surface area contributed by atoms with E-state index in [4.69, 9.17) is 5.73 Å². The molecule has 1 aliphatic rings. The monoisotopic (exact) mass is 274 g/mol. The molecule has 1 saturated heterocycles. The molecule has 1 aliphatic heterocycles. The molecule has 2 rings (SSSR count). The van der Waals surface area contributed by atoms with Crippen LogP contribution in [0.25, 0.3) is 0 Å². The molecule has 3 nitrogen and oxygen atoms in total. The standard InChI is InChI=1S/C17H26N2O/c1-13(2)14-7-9-15(10-8-14)16(18)12-19-11-5-3-4-6-17(19)20/h7-10,13,16H,3-6,11-12,18H2,1-2H3. The van der Waals surface area contributed by atoms with Gasteiger partial charge in [0.15, 0.2) is 0 Å². The van der Waals surface area contributed by atoms with Crippen LogP contribution in [0.2, 0.25) is 0 Å². The summed E-state index contributed by atoms with van der Waals surface area (Å²) in [5.41, 5.74) is 8.71. The number of likely N-dealkylation sites (tertiary alicyclic amines) is 1. The smallest absolute Gasteiger partial charge is 0.222 e. The van der Waals surface area contributed by atoms with Gasteiger partial charge in [-0.15, -0.1) is 0 Å². The Hall–Kier alpha value is -1.35. The molecule has 0 spiro atoms. The number of carbonyl (C=O) groups is 1. The Kier molecular flexibility index (Phi) is 5.18. The fourth-order valence-corrected chi connectivity index (χ4v) is 2.70. The highest BCUT2D eigenvalue weighted by Gasteiger charge is 2.19. The maximum absolute atomic E-state index is 12.0. The topological polar surface area (TPSA) is 46.3 Å². The highest BCUT2D eigenvalue weighted by molar-refractivity contribution is 5.76. The van der Waals surface area contributed by atoms with Crippen molar-refractivity contribution in [1.29, 1.82) is 0 Å². The predicted octanol–water partition coefficient (Wildman–Crippen LogP) is 3.21. The first-order valence-electron chi connectivity index (χ1n) is 7.71. The van der Waals surface area contributed by atoms with Crippen LogP contribution in [0.5, 0.6) is 0 Å². The van der Waals surface area contributed by atoms with Crippen LogP contribution in [0.3, 0.4) is 0 Å². The van der Waals surface area contributed by atoms with Crippen LogP contribution in [-0.2, 0) is 4.79 Å². The van der Waals surface area contributed by atoms with Crippen molar-refractivity contribution in [1.82, 2.24) is 4.90 Å². The summed E-state index contributed by atoms with van der Waals surface area (Å²) in [6.07, 6.45) is 3.96. The summed E-state index contributed by atoms with van der Waals surface area (Å²) in [5, 5.41) is 0. The SMILES string of the molecule is CC(C)c1ccc(C(N)CN2CCCCCC2=O)cc1. The minimum Gasteiger partial charge on any atom is -0.341 e. The Labute approximate surface area is 122 Å². The van der Waals surface area contributed by atoms with E-state index in [2.05, 4.69) is 38.1 Å². The van der Waals surface area contributed by atoms with Gasteiger partial charge in [0.05, 0.1) is 0 Å². The second kappa shape index (κ2) is 6.89. The minimum absolute atomic E-state index is 0.0849. The maximum atomic E-state index is 12.0. The molecule has 1 heterocycles. The van der Waals surface area contributed by atoms with E-state index in [0.29, 0.717) is 18.9 Å². The fraction of sp³-hybridized carbons (Fsp3) is 0.588. The van der Waals surface area contributed by atoms with Crippen molar-refractivity contribution >= 4 is 5.91 Å². The molecule has 0 aliphatic carbocycles. The minimum atomic E-state index is -0.0849. The zero-order valence-electron chi connectivity index (χ0n) is 12.6. The summed E-state index contributed by atoms with van der Waals surface area (Å²) in [5.74, 6) is 0.796. The van der Waals surface area contributed by atoms with E-state index < -0.39 is 0 Å². The van der Waals surface area contributed by atoms with E-state index >= 15 is 0 Å². The van der Waals surface area contributed by atoms with Crippen LogP contribution in [0.1, 0.15) is 62.6 Å². The molecular formula is C17H26N2O. The number of hydrogen-bond donors (Lipinski definition) is 1. The average molecular weight is 274 g/mol. The molecule has 0 saturated carbocycles. The van der Waals surface area contributed by atoms with Crippen molar-refractivity contribution in [2.45, 2.75) is 51.5 Å². The quantitative estimate of drug-likeness (QED) is 0.916. The molecule has 0 radical (unpaired) electrons. The van der Waals surface area contributed by atoms with E-state index in [1.54, 1.807) is 0 Å². The number of carbonyl (C=O) groups excluding carboxylic acids is 1. The highest BCUT2D eigenvalue weighted by atomic mass is 16.2. The summed E-state index contributed by atoms with van der Waals surface area (Å²) >= 11 is 0. The summed E-state index contributed by atoms with van der Waals surface area (Å²) in [6.45, 7) is 5.87. The predicted molar refractivity (Wildman–Crippen MR) is 82.5 cm³/mol. The van der Waals surface area contributed by atoms with Crippen molar-refractivity contribution < 1.29 is 4.79 Å². The van der Waals surface area contributed by atoms with Crippen molar-refractivity contribution in [3.63, 3.8) is 0 Å². The van der Waals surface area contributed by atoms with Gasteiger partial charge in [0.25, 0.3) is 0 Å². The van der Waals surface area contributed by atoms with Gasteiger partial charge >= 0.3 is 0 Å². The number of hydrogen-bond acceptors (Lipinski definition) is 2. The van der Waals surface area contributed by atoms with Crippen LogP contribution in [0.4, 0.5) is 0 Å². The number of nitrogens with two attached hydrogens (primary N) is 1. The van der Waals surface area contributed by atoms with Gasteiger partial charge in [-0.2, -0.15) is 0 Å². The molecule has 0 bridgehead atoms. The largest absolute Gasteiger partial charge is 0.341 e. The van der Waals surface area contributed by atoms with Gasteiger partial charge in [0.2, 0.25) is 5.91 Å². The molecule has 1 fully saturated rings. The maximum Gasteiger partial charge on any atom is 0.222 e. The molecule has 2 N–H and O–H groups in total. The van der Waals surface area contributed by atoms with Crippen molar-refractivity contribution in [3.8, 4) is 0 Å². The molecule has 1 aromatic rings. The summed E-state index contributed by atoms with van der Waals surface area (Å²) in [4.78, 5) is 13.9. The van der Waals surface area contributed by atoms with Gasteiger partial charge in [-0.3, -0.25) is 4.79 Å². The zero-order chi connectivity index (χ0) is 14.5. The molecule has 110 valence electrons. The van der Waals surface area contributed by atoms with E-state index in [1.165, 1.54) is 5.56 Å². The zero-order valence-corrected chi connectivity index (χ0v) is 12.6. The highest BCUT2D eigenvalue weighted by Crippen LogP contribution is 2.20. The van der Waals surface area contributed by atoms with Gasteiger partial charge in [0, 0.05) is 25.6 Å². The lowest BCUT2D eigenvalue weighted by molar-refractivity contribution is -0.130. The lowest BCUT2D eigenvalue weighted by Gasteiger charge is -2.24. The summed E-state index contributed by atoms with van der Waals surface area (Å²) in [6, 6.07) is 8.40. The van der Waals surface area contributed by atoms with Crippen molar-refractivity contribution in [2.75, 3.05) is 13.1 Å². The Bertz CT molecular complexity index is 439. The third kappa shape index (κ3) is 3.83. The molecule has 1 atom stereocenters. The van der Waals surface area contributed by atoms with E-state index in [0.717, 1.165) is 31.4 Å². The van der Waals surface area contributed by atoms with Crippen LogP contribution in [0.15, 0.2) is 24.3 Å². The molecular weight excluding hydrogens is 248 g/mol. The number of amides is 1. The molecule has 20 heavy (non-hydrogen) atoms. The summed E-state index contributed by atoms with van der Waals surface area (Å²) in [7, 11) is 0. The van der Waals surface area contributed by atoms with Gasteiger partial charge < -0.3 is 10.6 Å². The van der Waals surface area contributed by atoms with E-state index in [9.17, 15) is 4.79 Å². The van der Waals surface area contributed by atoms with E-state index in [-0.39, 0.29) is 11.9 Å².